The highest BCUT2D eigenvalue weighted by molar-refractivity contribution is 9.10. The lowest BCUT2D eigenvalue weighted by Crippen LogP contribution is -2.23. The van der Waals surface area contributed by atoms with Crippen molar-refractivity contribution in [3.63, 3.8) is 0 Å². The summed E-state index contributed by atoms with van der Waals surface area (Å²) in [5, 5.41) is 5.41. The van der Waals surface area contributed by atoms with E-state index in [1.807, 2.05) is 29.6 Å². The summed E-state index contributed by atoms with van der Waals surface area (Å²) in [4.78, 5) is 0. The van der Waals surface area contributed by atoms with Crippen molar-refractivity contribution in [3.8, 4) is 5.75 Å². The van der Waals surface area contributed by atoms with Gasteiger partial charge in [0.1, 0.15) is 11.9 Å². The molecule has 2 aromatic rings. The van der Waals surface area contributed by atoms with Crippen LogP contribution in [0.3, 0.4) is 0 Å². The molecule has 5 heteroatoms. The van der Waals surface area contributed by atoms with Gasteiger partial charge >= 0.3 is 0 Å². The molecule has 1 N–H and O–H groups in total. The van der Waals surface area contributed by atoms with Crippen LogP contribution >= 0.6 is 38.9 Å². The van der Waals surface area contributed by atoms with E-state index in [9.17, 15) is 0 Å². The second kappa shape index (κ2) is 4.52. The second-order valence-electron chi connectivity index (χ2n) is 3.81. The number of anilines is 1. The van der Waals surface area contributed by atoms with Gasteiger partial charge in [0.2, 0.25) is 0 Å². The van der Waals surface area contributed by atoms with E-state index in [0.717, 1.165) is 32.4 Å². The maximum Gasteiger partial charge on any atom is 0.143 e. The van der Waals surface area contributed by atoms with Crippen LogP contribution in [0.25, 0.3) is 0 Å². The van der Waals surface area contributed by atoms with Gasteiger partial charge in [0.15, 0.2) is 0 Å². The maximum atomic E-state index is 5.95. The van der Waals surface area contributed by atoms with Gasteiger partial charge in [-0.3, -0.25) is 0 Å². The van der Waals surface area contributed by atoms with Crippen LogP contribution < -0.4 is 10.1 Å². The standard InChI is InChI=1S/C12H9BrClNOS/c13-8-1-2-10-9(4-8)15-5-11(16-10)7-3-12(14)17-6-7/h1-4,6,11,15H,5H2. The van der Waals surface area contributed by atoms with Crippen LogP contribution in [0.2, 0.25) is 4.34 Å². The van der Waals surface area contributed by atoms with Crippen molar-refractivity contribution in [1.29, 1.82) is 0 Å². The Hall–Kier alpha value is -0.710. The number of thiophene rings is 1. The number of halogens is 2. The molecule has 2 nitrogen and oxygen atoms in total. The molecule has 1 atom stereocenters. The van der Waals surface area contributed by atoms with Gasteiger partial charge in [0.25, 0.3) is 0 Å². The Labute approximate surface area is 117 Å². The molecule has 0 saturated carbocycles. The van der Waals surface area contributed by atoms with Gasteiger partial charge in [0.05, 0.1) is 16.6 Å². The fourth-order valence-corrected chi connectivity index (χ4v) is 3.11. The van der Waals surface area contributed by atoms with Crippen molar-refractivity contribution in [2.75, 3.05) is 11.9 Å². The van der Waals surface area contributed by atoms with E-state index >= 15 is 0 Å². The fraction of sp³-hybridized carbons (Fsp3) is 0.167. The number of fused-ring (bicyclic) bond motifs is 1. The van der Waals surface area contributed by atoms with Gasteiger partial charge < -0.3 is 10.1 Å². The summed E-state index contributed by atoms with van der Waals surface area (Å²) in [6.07, 6.45) is 0.0347. The topological polar surface area (TPSA) is 21.3 Å². The first kappa shape index (κ1) is 11.4. The zero-order valence-corrected chi connectivity index (χ0v) is 11.9. The summed E-state index contributed by atoms with van der Waals surface area (Å²) in [7, 11) is 0. The van der Waals surface area contributed by atoms with Crippen LogP contribution in [0.5, 0.6) is 5.75 Å². The largest absolute Gasteiger partial charge is 0.482 e. The van der Waals surface area contributed by atoms with Crippen LogP contribution in [0.15, 0.2) is 34.1 Å². The lowest BCUT2D eigenvalue weighted by molar-refractivity contribution is 0.211. The third-order valence-electron chi connectivity index (χ3n) is 2.65. The Kier molecular flexibility index (Phi) is 3.03. The molecule has 0 radical (unpaired) electrons. The van der Waals surface area contributed by atoms with Crippen LogP contribution in [0.4, 0.5) is 5.69 Å². The van der Waals surface area contributed by atoms with Crippen molar-refractivity contribution in [1.82, 2.24) is 0 Å². The number of ether oxygens (including phenoxy) is 1. The molecular formula is C12H9BrClNOS. The van der Waals surface area contributed by atoms with E-state index in [1.54, 1.807) is 0 Å². The summed E-state index contributed by atoms with van der Waals surface area (Å²) in [5.41, 5.74) is 2.15. The Morgan fingerprint density at radius 2 is 2.29 bits per heavy atom. The Bertz CT molecular complexity index is 557. The van der Waals surface area contributed by atoms with Gasteiger partial charge in [-0.15, -0.1) is 11.3 Å². The normalized spacial score (nSPS) is 18.1. The first-order valence-electron chi connectivity index (χ1n) is 5.16. The lowest BCUT2D eigenvalue weighted by Gasteiger charge is -2.27. The van der Waals surface area contributed by atoms with Crippen molar-refractivity contribution in [3.05, 3.63) is 44.0 Å². The minimum absolute atomic E-state index is 0.0347. The van der Waals surface area contributed by atoms with E-state index in [2.05, 4.69) is 21.2 Å². The third kappa shape index (κ3) is 2.30. The molecule has 1 aromatic carbocycles. The van der Waals surface area contributed by atoms with E-state index in [1.165, 1.54) is 11.3 Å². The molecule has 88 valence electrons. The summed E-state index contributed by atoms with van der Waals surface area (Å²) in [6.45, 7) is 0.760. The molecule has 0 bridgehead atoms. The molecule has 0 aliphatic carbocycles. The molecule has 2 heterocycles. The highest BCUT2D eigenvalue weighted by Crippen LogP contribution is 2.37. The molecule has 17 heavy (non-hydrogen) atoms. The third-order valence-corrected chi connectivity index (χ3v) is 4.25. The highest BCUT2D eigenvalue weighted by Gasteiger charge is 2.21. The average molecular weight is 331 g/mol. The Morgan fingerprint density at radius 1 is 1.41 bits per heavy atom. The number of hydrogen-bond acceptors (Lipinski definition) is 3. The van der Waals surface area contributed by atoms with E-state index in [0.29, 0.717) is 0 Å². The van der Waals surface area contributed by atoms with Gasteiger partial charge in [-0.2, -0.15) is 0 Å². The fourth-order valence-electron chi connectivity index (χ4n) is 1.82. The van der Waals surface area contributed by atoms with Crippen molar-refractivity contribution in [2.45, 2.75) is 6.10 Å². The summed E-state index contributed by atoms with van der Waals surface area (Å²) in [6, 6.07) is 7.92. The minimum atomic E-state index is 0.0347. The lowest BCUT2D eigenvalue weighted by atomic mass is 10.1. The Morgan fingerprint density at radius 3 is 3.06 bits per heavy atom. The number of benzene rings is 1. The quantitative estimate of drug-likeness (QED) is 0.817. The van der Waals surface area contributed by atoms with Crippen molar-refractivity contribution >= 4 is 44.6 Å². The van der Waals surface area contributed by atoms with Crippen LogP contribution in [0.1, 0.15) is 11.7 Å². The molecule has 0 spiro atoms. The van der Waals surface area contributed by atoms with Crippen molar-refractivity contribution < 1.29 is 4.74 Å². The zero-order chi connectivity index (χ0) is 11.8. The molecule has 1 aliphatic rings. The van der Waals surface area contributed by atoms with Crippen molar-refractivity contribution in [2.24, 2.45) is 0 Å². The zero-order valence-electron chi connectivity index (χ0n) is 8.74. The molecular weight excluding hydrogens is 322 g/mol. The van der Waals surface area contributed by atoms with Gasteiger partial charge in [0, 0.05) is 10.0 Å². The van der Waals surface area contributed by atoms with Crippen LogP contribution in [-0.4, -0.2) is 6.54 Å². The monoisotopic (exact) mass is 329 g/mol. The smallest absolute Gasteiger partial charge is 0.143 e. The molecule has 0 amide bonds. The van der Waals surface area contributed by atoms with Gasteiger partial charge in [-0.1, -0.05) is 27.5 Å². The van der Waals surface area contributed by atoms with Gasteiger partial charge in [-0.05, 0) is 29.6 Å². The first-order chi connectivity index (χ1) is 8.22. The Balaban J connectivity index is 1.88. The highest BCUT2D eigenvalue weighted by atomic mass is 79.9. The predicted octanol–water partition coefficient (Wildman–Crippen LogP) is 4.71. The number of rotatable bonds is 1. The molecule has 1 aliphatic heterocycles. The van der Waals surface area contributed by atoms with Gasteiger partial charge in [-0.25, -0.2) is 0 Å². The summed E-state index contributed by atoms with van der Waals surface area (Å²) >= 11 is 10.9. The second-order valence-corrected chi connectivity index (χ2v) is 6.27. The molecule has 0 fully saturated rings. The van der Waals surface area contributed by atoms with Crippen LogP contribution in [-0.2, 0) is 0 Å². The maximum absolute atomic E-state index is 5.95. The van der Waals surface area contributed by atoms with E-state index in [-0.39, 0.29) is 6.10 Å². The summed E-state index contributed by atoms with van der Waals surface area (Å²) in [5.74, 6) is 0.881. The minimum Gasteiger partial charge on any atom is -0.482 e. The SMILES string of the molecule is Clc1cc(C2CNc3cc(Br)ccc3O2)cs1. The van der Waals surface area contributed by atoms with E-state index < -0.39 is 0 Å². The van der Waals surface area contributed by atoms with Crippen LogP contribution in [0, 0.1) is 0 Å². The predicted molar refractivity (Wildman–Crippen MR) is 75.3 cm³/mol. The summed E-state index contributed by atoms with van der Waals surface area (Å²) < 4.78 is 7.79. The molecule has 1 aromatic heterocycles. The average Bonchev–Trinajstić information content (AvgIpc) is 2.75. The molecule has 0 saturated heterocycles. The molecule has 3 rings (SSSR count). The first-order valence-corrected chi connectivity index (χ1v) is 7.21. The van der Waals surface area contributed by atoms with E-state index in [4.69, 9.17) is 16.3 Å². The number of nitrogens with one attached hydrogen (secondary N) is 1. The number of hydrogen-bond donors (Lipinski definition) is 1. The molecule has 1 unspecified atom stereocenters.